The van der Waals surface area contributed by atoms with E-state index in [1.807, 2.05) is 71.6 Å². The largest absolute Gasteiger partial charge is 0.497 e. The summed E-state index contributed by atoms with van der Waals surface area (Å²) in [5, 5.41) is 1.05. The maximum atomic E-state index is 13.7. The number of hydrogen-bond donors (Lipinski definition) is 1. The molecule has 2 aromatic heterocycles. The zero-order chi connectivity index (χ0) is 23.9. The molecule has 5 aromatic rings. The molecule has 0 saturated heterocycles. The van der Waals surface area contributed by atoms with Crippen molar-refractivity contribution < 1.29 is 18.7 Å². The second-order valence-electron chi connectivity index (χ2n) is 8.53. The average Bonchev–Trinajstić information content (AvgIpc) is 3.61. The quantitative estimate of drug-likeness (QED) is 0.325. The zero-order valence-electron chi connectivity index (χ0n) is 19.4. The third-order valence-electron chi connectivity index (χ3n) is 6.66. The topological polar surface area (TPSA) is 67.7 Å². The Labute approximate surface area is 202 Å². The Morgan fingerprint density at radius 3 is 2.54 bits per heavy atom. The van der Waals surface area contributed by atoms with Gasteiger partial charge >= 0.3 is 0 Å². The Balaban J connectivity index is 1.64. The highest BCUT2D eigenvalue weighted by atomic mass is 16.5. The fraction of sp³-hybridized carbons (Fsp3) is 0.138. The van der Waals surface area contributed by atoms with Gasteiger partial charge in [-0.25, -0.2) is 0 Å². The lowest BCUT2D eigenvalue weighted by atomic mass is 9.92. The van der Waals surface area contributed by atoms with E-state index in [2.05, 4.69) is 17.1 Å². The highest BCUT2D eigenvalue weighted by molar-refractivity contribution is 6.02. The summed E-state index contributed by atoms with van der Waals surface area (Å²) in [7, 11) is 3.31. The van der Waals surface area contributed by atoms with Crippen molar-refractivity contribution in [2.24, 2.45) is 0 Å². The number of carbonyl (C=O) groups is 1. The van der Waals surface area contributed by atoms with Crippen LogP contribution in [0.2, 0.25) is 0 Å². The van der Waals surface area contributed by atoms with E-state index < -0.39 is 0 Å². The summed E-state index contributed by atoms with van der Waals surface area (Å²) in [5.74, 6) is 2.15. The molecule has 1 aliphatic heterocycles. The minimum Gasteiger partial charge on any atom is -0.497 e. The Kier molecular flexibility index (Phi) is 5.07. The van der Waals surface area contributed by atoms with Gasteiger partial charge in [0, 0.05) is 27.6 Å². The van der Waals surface area contributed by atoms with Gasteiger partial charge in [0.05, 0.1) is 38.8 Å². The molecule has 1 amide bonds. The number of nitrogens with zero attached hydrogens (tertiary/aromatic N) is 1. The number of aromatic amines is 1. The Hall–Kier alpha value is -4.45. The molecule has 6 heteroatoms. The van der Waals surface area contributed by atoms with Gasteiger partial charge in [0.1, 0.15) is 17.3 Å². The van der Waals surface area contributed by atoms with E-state index >= 15 is 0 Å². The van der Waals surface area contributed by atoms with Crippen LogP contribution < -0.4 is 9.47 Å². The fourth-order valence-corrected chi connectivity index (χ4v) is 5.08. The van der Waals surface area contributed by atoms with Crippen molar-refractivity contribution in [1.82, 2.24) is 9.88 Å². The van der Waals surface area contributed by atoms with E-state index in [1.54, 1.807) is 20.5 Å². The Morgan fingerprint density at radius 1 is 0.914 bits per heavy atom. The second-order valence-corrected chi connectivity index (χ2v) is 8.53. The number of amides is 1. The maximum absolute atomic E-state index is 13.7. The number of benzene rings is 3. The highest BCUT2D eigenvalue weighted by Gasteiger charge is 2.40. The molecule has 0 aliphatic carbocycles. The third kappa shape index (κ3) is 3.37. The normalized spacial score (nSPS) is 15.0. The number of para-hydroxylation sites is 1. The number of furan rings is 1. The van der Waals surface area contributed by atoms with Crippen LogP contribution in [0, 0.1) is 0 Å². The number of nitrogens with one attached hydrogen (secondary N) is 1. The zero-order valence-corrected chi connectivity index (χ0v) is 19.4. The number of H-pyrrole nitrogens is 1. The fourth-order valence-electron chi connectivity index (χ4n) is 5.08. The van der Waals surface area contributed by atoms with Crippen molar-refractivity contribution in [2.45, 2.75) is 12.6 Å². The van der Waals surface area contributed by atoms with E-state index in [1.165, 1.54) is 0 Å². The first kappa shape index (κ1) is 21.1. The number of fused-ring (bicyclic) bond motifs is 2. The van der Waals surface area contributed by atoms with Crippen LogP contribution in [0.15, 0.2) is 89.5 Å². The standard InChI is InChI=1S/C29H24N2O4/c1-33-18-13-14-25(34-2)23(16-18)27-26(22-11-5-6-12-24(22)30-27)28-20-9-3-4-10-21(20)29(32)31(28)17-19-8-7-15-35-19/h3-16,28,30H,17H2,1-2H3. The number of aromatic nitrogens is 1. The van der Waals surface area contributed by atoms with Crippen LogP contribution in [0.1, 0.15) is 33.3 Å². The number of carbonyl (C=O) groups excluding carboxylic acids is 1. The van der Waals surface area contributed by atoms with Crippen molar-refractivity contribution >= 4 is 16.8 Å². The molecule has 0 fully saturated rings. The lowest BCUT2D eigenvalue weighted by Crippen LogP contribution is -2.28. The molecule has 0 saturated carbocycles. The number of methoxy groups -OCH3 is 2. The molecule has 1 atom stereocenters. The molecule has 0 radical (unpaired) electrons. The molecular formula is C29H24N2O4. The molecule has 35 heavy (non-hydrogen) atoms. The average molecular weight is 465 g/mol. The molecular weight excluding hydrogens is 440 g/mol. The molecule has 0 spiro atoms. The van der Waals surface area contributed by atoms with E-state index in [4.69, 9.17) is 13.9 Å². The van der Waals surface area contributed by atoms with Gasteiger partial charge in [0.15, 0.2) is 0 Å². The van der Waals surface area contributed by atoms with Gasteiger partial charge in [-0.2, -0.15) is 0 Å². The molecule has 6 rings (SSSR count). The van der Waals surface area contributed by atoms with Gasteiger partial charge in [0.25, 0.3) is 5.91 Å². The van der Waals surface area contributed by atoms with Crippen molar-refractivity contribution in [3.05, 3.63) is 108 Å². The van der Waals surface area contributed by atoms with Crippen LogP contribution in [0.4, 0.5) is 0 Å². The number of ether oxygens (including phenoxy) is 2. The first-order valence-corrected chi connectivity index (χ1v) is 11.4. The van der Waals surface area contributed by atoms with Crippen LogP contribution in [-0.4, -0.2) is 30.0 Å². The predicted molar refractivity (Wildman–Crippen MR) is 134 cm³/mol. The molecule has 6 nitrogen and oxygen atoms in total. The van der Waals surface area contributed by atoms with Gasteiger partial charge in [-0.1, -0.05) is 36.4 Å². The first-order chi connectivity index (χ1) is 17.2. The summed E-state index contributed by atoms with van der Waals surface area (Å²) >= 11 is 0. The van der Waals surface area contributed by atoms with Crippen molar-refractivity contribution in [3.8, 4) is 22.8 Å². The smallest absolute Gasteiger partial charge is 0.255 e. The lowest BCUT2D eigenvalue weighted by molar-refractivity contribution is 0.0724. The van der Waals surface area contributed by atoms with Gasteiger partial charge in [-0.15, -0.1) is 0 Å². The second kappa shape index (κ2) is 8.40. The molecule has 174 valence electrons. The molecule has 3 heterocycles. The maximum Gasteiger partial charge on any atom is 0.255 e. The minimum absolute atomic E-state index is 0.0177. The monoisotopic (exact) mass is 464 g/mol. The molecule has 1 unspecified atom stereocenters. The number of rotatable bonds is 6. The van der Waals surface area contributed by atoms with Crippen LogP contribution in [0.25, 0.3) is 22.2 Å². The van der Waals surface area contributed by atoms with Gasteiger partial charge in [-0.3, -0.25) is 4.79 Å². The van der Waals surface area contributed by atoms with Crippen LogP contribution in [0.5, 0.6) is 11.5 Å². The van der Waals surface area contributed by atoms with Crippen LogP contribution in [-0.2, 0) is 6.54 Å². The Morgan fingerprint density at radius 2 is 1.74 bits per heavy atom. The Bertz CT molecular complexity index is 1530. The van der Waals surface area contributed by atoms with Gasteiger partial charge in [0.2, 0.25) is 0 Å². The molecule has 1 aliphatic rings. The van der Waals surface area contributed by atoms with Crippen molar-refractivity contribution in [3.63, 3.8) is 0 Å². The van der Waals surface area contributed by atoms with E-state index in [0.29, 0.717) is 17.9 Å². The summed E-state index contributed by atoms with van der Waals surface area (Å²) in [6.07, 6.45) is 1.64. The lowest BCUT2D eigenvalue weighted by Gasteiger charge is -2.26. The van der Waals surface area contributed by atoms with Crippen molar-refractivity contribution in [2.75, 3.05) is 14.2 Å². The first-order valence-electron chi connectivity index (χ1n) is 11.4. The predicted octanol–water partition coefficient (Wildman–Crippen LogP) is 6.19. The summed E-state index contributed by atoms with van der Waals surface area (Å²) < 4.78 is 16.9. The summed E-state index contributed by atoms with van der Waals surface area (Å²) in [6, 6.07) is 25.2. The van der Waals surface area contributed by atoms with Crippen molar-refractivity contribution in [1.29, 1.82) is 0 Å². The minimum atomic E-state index is -0.314. The van der Waals surface area contributed by atoms with Crippen LogP contribution in [0.3, 0.4) is 0 Å². The summed E-state index contributed by atoms with van der Waals surface area (Å²) in [5.41, 5.74) is 5.43. The summed E-state index contributed by atoms with van der Waals surface area (Å²) in [4.78, 5) is 19.2. The molecule has 3 aromatic carbocycles. The van der Waals surface area contributed by atoms with Crippen LogP contribution >= 0.6 is 0 Å². The van der Waals surface area contributed by atoms with Gasteiger partial charge in [-0.05, 0) is 48.0 Å². The van der Waals surface area contributed by atoms with E-state index in [9.17, 15) is 4.79 Å². The SMILES string of the molecule is COc1ccc(OC)c(-c2[nH]c3ccccc3c2C2c3ccccc3C(=O)N2Cc2ccco2)c1. The molecule has 1 N–H and O–H groups in total. The third-order valence-corrected chi connectivity index (χ3v) is 6.66. The summed E-state index contributed by atoms with van der Waals surface area (Å²) in [6.45, 7) is 0.360. The van der Waals surface area contributed by atoms with E-state index in [0.717, 1.165) is 44.8 Å². The highest BCUT2D eigenvalue weighted by Crippen LogP contribution is 2.47. The van der Waals surface area contributed by atoms with E-state index in [-0.39, 0.29) is 11.9 Å². The molecule has 0 bridgehead atoms. The number of hydrogen-bond acceptors (Lipinski definition) is 4. The van der Waals surface area contributed by atoms with Gasteiger partial charge < -0.3 is 23.8 Å².